The summed E-state index contributed by atoms with van der Waals surface area (Å²) < 4.78 is 10.5. The predicted molar refractivity (Wildman–Crippen MR) is 108 cm³/mol. The summed E-state index contributed by atoms with van der Waals surface area (Å²) in [7, 11) is 0. The van der Waals surface area contributed by atoms with E-state index >= 15 is 0 Å². The highest BCUT2D eigenvalue weighted by Gasteiger charge is 2.20. The Morgan fingerprint density at radius 3 is 2.57 bits per heavy atom. The number of hydrogen-bond acceptors (Lipinski definition) is 4. The molecule has 5 nitrogen and oxygen atoms in total. The number of fused-ring (bicyclic) bond motifs is 1. The second-order valence-electron chi connectivity index (χ2n) is 6.44. The van der Waals surface area contributed by atoms with Crippen molar-refractivity contribution < 1.29 is 19.1 Å². The van der Waals surface area contributed by atoms with Crippen molar-refractivity contribution in [2.75, 3.05) is 19.8 Å². The number of ether oxygens (including phenoxy) is 2. The maximum Gasteiger partial charge on any atom is 0.331 e. The molecule has 0 saturated heterocycles. The summed E-state index contributed by atoms with van der Waals surface area (Å²) in [5.41, 5.74) is 3.25. The monoisotopic (exact) mass is 377 g/mol. The molecule has 0 aromatic heterocycles. The molecule has 1 aliphatic heterocycles. The topological polar surface area (TPSA) is 55.8 Å². The van der Waals surface area contributed by atoms with Gasteiger partial charge in [0.25, 0.3) is 5.91 Å². The van der Waals surface area contributed by atoms with Crippen LogP contribution in [0.2, 0.25) is 0 Å². The van der Waals surface area contributed by atoms with E-state index in [-0.39, 0.29) is 12.5 Å². The molecule has 5 heteroatoms. The highest BCUT2D eigenvalue weighted by Crippen LogP contribution is 2.18. The average molecular weight is 377 g/mol. The minimum atomic E-state index is -0.544. The summed E-state index contributed by atoms with van der Waals surface area (Å²) in [6, 6.07) is 15.4. The maximum atomic E-state index is 12.3. The molecule has 2 aromatic rings. The van der Waals surface area contributed by atoms with Gasteiger partial charge in [-0.25, -0.2) is 4.79 Å². The molecule has 1 heterocycles. The smallest absolute Gasteiger partial charge is 0.331 e. The summed E-state index contributed by atoms with van der Waals surface area (Å²) in [6.07, 6.45) is 5.45. The van der Waals surface area contributed by atoms with Crippen molar-refractivity contribution in [3.63, 3.8) is 0 Å². The zero-order valence-electron chi connectivity index (χ0n) is 15.7. The summed E-state index contributed by atoms with van der Waals surface area (Å²) in [5.74, 6) is 0.00560. The highest BCUT2D eigenvalue weighted by atomic mass is 16.5. The molecular weight excluding hydrogens is 354 g/mol. The average Bonchev–Trinajstić information content (AvgIpc) is 2.75. The van der Waals surface area contributed by atoms with Gasteiger partial charge >= 0.3 is 5.97 Å². The molecule has 3 rings (SSSR count). The standard InChI is InChI=1S/C23H23NO4/c1-2-15-27-21-10-7-18(8-11-21)9-12-23(26)28-17-22(25)24-14-13-19-5-3-4-6-20(19)16-24/h2-12H,1,13-17H2/b12-9+. The molecule has 0 radical (unpaired) electrons. The minimum Gasteiger partial charge on any atom is -0.490 e. The van der Waals surface area contributed by atoms with Gasteiger partial charge in [0.15, 0.2) is 6.61 Å². The van der Waals surface area contributed by atoms with Crippen LogP contribution in [-0.2, 0) is 27.3 Å². The van der Waals surface area contributed by atoms with Gasteiger partial charge in [0.1, 0.15) is 12.4 Å². The molecule has 0 aliphatic carbocycles. The number of benzene rings is 2. The molecule has 0 atom stereocenters. The van der Waals surface area contributed by atoms with Crippen molar-refractivity contribution in [1.82, 2.24) is 4.90 Å². The first-order valence-electron chi connectivity index (χ1n) is 9.19. The van der Waals surface area contributed by atoms with Gasteiger partial charge in [-0.3, -0.25) is 4.79 Å². The van der Waals surface area contributed by atoms with Crippen molar-refractivity contribution in [2.24, 2.45) is 0 Å². The van der Waals surface area contributed by atoms with Crippen LogP contribution in [0.25, 0.3) is 6.08 Å². The number of nitrogens with zero attached hydrogens (tertiary/aromatic N) is 1. The first-order valence-corrected chi connectivity index (χ1v) is 9.19. The second kappa shape index (κ2) is 9.55. The third-order valence-electron chi connectivity index (χ3n) is 4.48. The van der Waals surface area contributed by atoms with Crippen LogP contribution in [0.15, 0.2) is 67.3 Å². The molecule has 0 N–H and O–H groups in total. The summed E-state index contributed by atoms with van der Waals surface area (Å²) >= 11 is 0. The van der Waals surface area contributed by atoms with Gasteiger partial charge in [-0.1, -0.05) is 49.1 Å². The van der Waals surface area contributed by atoms with Crippen LogP contribution >= 0.6 is 0 Å². The lowest BCUT2D eigenvalue weighted by Crippen LogP contribution is -2.38. The fraction of sp³-hybridized carbons (Fsp3) is 0.217. The summed E-state index contributed by atoms with van der Waals surface area (Å²) in [5, 5.41) is 0. The van der Waals surface area contributed by atoms with E-state index in [1.807, 2.05) is 42.5 Å². The number of hydrogen-bond donors (Lipinski definition) is 0. The van der Waals surface area contributed by atoms with Crippen molar-refractivity contribution in [1.29, 1.82) is 0 Å². The molecular formula is C23H23NO4. The number of carbonyl (C=O) groups is 2. The molecule has 0 saturated carbocycles. The second-order valence-corrected chi connectivity index (χ2v) is 6.44. The van der Waals surface area contributed by atoms with Crippen molar-refractivity contribution in [3.8, 4) is 5.75 Å². The quantitative estimate of drug-likeness (QED) is 0.422. The van der Waals surface area contributed by atoms with Gasteiger partial charge in [0.05, 0.1) is 0 Å². The van der Waals surface area contributed by atoms with E-state index in [4.69, 9.17) is 9.47 Å². The number of rotatable bonds is 7. The Kier molecular flexibility index (Phi) is 6.63. The zero-order chi connectivity index (χ0) is 19.8. The number of carbonyl (C=O) groups excluding carboxylic acids is 2. The molecule has 28 heavy (non-hydrogen) atoms. The Hall–Kier alpha value is -3.34. The molecule has 0 bridgehead atoms. The Balaban J connectivity index is 1.45. The van der Waals surface area contributed by atoms with Crippen molar-refractivity contribution in [3.05, 3.63) is 84.0 Å². The maximum absolute atomic E-state index is 12.3. The minimum absolute atomic E-state index is 0.181. The van der Waals surface area contributed by atoms with Crippen LogP contribution < -0.4 is 4.74 Å². The molecule has 0 unspecified atom stereocenters. The van der Waals surface area contributed by atoms with Crippen LogP contribution in [0.4, 0.5) is 0 Å². The molecule has 0 fully saturated rings. The van der Waals surface area contributed by atoms with Gasteiger partial charge in [0, 0.05) is 19.2 Å². The Labute approximate surface area is 164 Å². The lowest BCUT2D eigenvalue weighted by Gasteiger charge is -2.28. The Morgan fingerprint density at radius 1 is 1.07 bits per heavy atom. The number of amides is 1. The molecule has 0 spiro atoms. The molecule has 1 amide bonds. The highest BCUT2D eigenvalue weighted by molar-refractivity contribution is 5.89. The van der Waals surface area contributed by atoms with Gasteiger partial charge in [-0.2, -0.15) is 0 Å². The van der Waals surface area contributed by atoms with Crippen LogP contribution in [0, 0.1) is 0 Å². The summed E-state index contributed by atoms with van der Waals surface area (Å²) in [6.45, 7) is 4.99. The van der Waals surface area contributed by atoms with E-state index in [9.17, 15) is 9.59 Å². The molecule has 144 valence electrons. The SMILES string of the molecule is C=CCOc1ccc(/C=C/C(=O)OCC(=O)N2CCc3ccccc3C2)cc1. The van der Waals surface area contributed by atoms with Crippen LogP contribution in [0.3, 0.4) is 0 Å². The van der Waals surface area contributed by atoms with Crippen molar-refractivity contribution in [2.45, 2.75) is 13.0 Å². The van der Waals surface area contributed by atoms with Gasteiger partial charge in [-0.15, -0.1) is 0 Å². The zero-order valence-corrected chi connectivity index (χ0v) is 15.7. The van der Waals surface area contributed by atoms with Gasteiger partial charge < -0.3 is 14.4 Å². The third kappa shape index (κ3) is 5.33. The summed E-state index contributed by atoms with van der Waals surface area (Å²) in [4.78, 5) is 25.9. The van der Waals surface area contributed by atoms with E-state index in [0.29, 0.717) is 19.7 Å². The van der Waals surface area contributed by atoms with Crippen LogP contribution in [0.5, 0.6) is 5.75 Å². The molecule has 2 aromatic carbocycles. The van der Waals surface area contributed by atoms with E-state index in [1.165, 1.54) is 11.6 Å². The molecule has 1 aliphatic rings. The predicted octanol–water partition coefficient (Wildman–Crippen LogP) is 3.39. The van der Waals surface area contributed by atoms with Crippen LogP contribution in [-0.4, -0.2) is 36.5 Å². The van der Waals surface area contributed by atoms with Gasteiger partial charge in [-0.05, 0) is 41.3 Å². The van der Waals surface area contributed by atoms with E-state index in [2.05, 4.69) is 12.6 Å². The first-order chi connectivity index (χ1) is 13.7. The lowest BCUT2D eigenvalue weighted by atomic mass is 10.00. The third-order valence-corrected chi connectivity index (χ3v) is 4.48. The fourth-order valence-electron chi connectivity index (χ4n) is 2.98. The van der Waals surface area contributed by atoms with E-state index in [0.717, 1.165) is 23.3 Å². The Bertz CT molecular complexity index is 870. The largest absolute Gasteiger partial charge is 0.490 e. The van der Waals surface area contributed by atoms with E-state index < -0.39 is 5.97 Å². The first kappa shape index (κ1) is 19.4. The fourth-order valence-corrected chi connectivity index (χ4v) is 2.98. The lowest BCUT2D eigenvalue weighted by molar-refractivity contribution is -0.148. The Morgan fingerprint density at radius 2 is 1.82 bits per heavy atom. The van der Waals surface area contributed by atoms with E-state index in [1.54, 1.807) is 17.1 Å². The van der Waals surface area contributed by atoms with Crippen LogP contribution in [0.1, 0.15) is 16.7 Å². The van der Waals surface area contributed by atoms with Crippen molar-refractivity contribution >= 4 is 18.0 Å². The number of esters is 1. The van der Waals surface area contributed by atoms with Gasteiger partial charge in [0.2, 0.25) is 0 Å². The normalized spacial score (nSPS) is 13.1.